The highest BCUT2D eigenvalue weighted by molar-refractivity contribution is 5.95. The third kappa shape index (κ3) is 2.51. The number of hydrogen-bond acceptors (Lipinski definition) is 6. The maximum Gasteiger partial charge on any atom is 0.252 e. The van der Waals surface area contributed by atoms with E-state index in [4.69, 9.17) is 10.9 Å². The van der Waals surface area contributed by atoms with Gasteiger partial charge in [0, 0.05) is 19.0 Å². The molecule has 100 valence electrons. The van der Waals surface area contributed by atoms with Gasteiger partial charge in [-0.1, -0.05) is 19.0 Å². The summed E-state index contributed by atoms with van der Waals surface area (Å²) < 4.78 is 1.58. The molecule has 0 radical (unpaired) electrons. The van der Waals surface area contributed by atoms with Crippen molar-refractivity contribution in [1.82, 2.24) is 24.7 Å². The molecule has 0 aromatic carbocycles. The maximum absolute atomic E-state index is 8.66. The first-order valence-electron chi connectivity index (χ1n) is 5.95. The summed E-state index contributed by atoms with van der Waals surface area (Å²) in [5.41, 5.74) is 5.84. The van der Waals surface area contributed by atoms with Gasteiger partial charge < -0.3 is 10.9 Å². The van der Waals surface area contributed by atoms with Crippen LogP contribution in [0, 0.1) is 0 Å². The predicted molar refractivity (Wildman–Crippen MR) is 68.2 cm³/mol. The summed E-state index contributed by atoms with van der Waals surface area (Å²) >= 11 is 0. The van der Waals surface area contributed by atoms with Crippen molar-refractivity contribution in [2.45, 2.75) is 26.7 Å². The van der Waals surface area contributed by atoms with Gasteiger partial charge in [0.25, 0.3) is 5.95 Å². The van der Waals surface area contributed by atoms with E-state index in [0.29, 0.717) is 18.1 Å². The Bertz CT molecular complexity index is 605. The summed E-state index contributed by atoms with van der Waals surface area (Å²) in [5, 5.41) is 15.9. The van der Waals surface area contributed by atoms with E-state index < -0.39 is 0 Å². The molecule has 8 nitrogen and oxygen atoms in total. The molecule has 3 N–H and O–H groups in total. The maximum atomic E-state index is 8.66. The van der Waals surface area contributed by atoms with E-state index in [2.05, 4.69) is 25.2 Å². The second-order valence-electron chi connectivity index (χ2n) is 3.79. The topological polar surface area (TPSA) is 115 Å². The van der Waals surface area contributed by atoms with E-state index in [1.807, 2.05) is 13.8 Å². The minimum Gasteiger partial charge on any atom is -0.409 e. The highest BCUT2D eigenvalue weighted by atomic mass is 16.4. The Labute approximate surface area is 110 Å². The van der Waals surface area contributed by atoms with Gasteiger partial charge >= 0.3 is 0 Å². The van der Waals surface area contributed by atoms with Crippen molar-refractivity contribution in [3.8, 4) is 5.95 Å². The number of nitrogens with two attached hydrogens (primary N) is 1. The van der Waals surface area contributed by atoms with E-state index in [0.717, 1.165) is 18.1 Å². The average molecular weight is 261 g/mol. The van der Waals surface area contributed by atoms with Crippen LogP contribution in [0.3, 0.4) is 0 Å². The number of hydrogen-bond donors (Lipinski definition) is 2. The average Bonchev–Trinajstić information content (AvgIpc) is 2.90. The lowest BCUT2D eigenvalue weighted by atomic mass is 10.4. The Kier molecular flexibility index (Phi) is 3.69. The quantitative estimate of drug-likeness (QED) is 0.353. The summed E-state index contributed by atoms with van der Waals surface area (Å²) in [6.07, 6.45) is 2.98. The van der Waals surface area contributed by atoms with Gasteiger partial charge in [-0.3, -0.25) is 0 Å². The van der Waals surface area contributed by atoms with Crippen molar-refractivity contribution in [2.24, 2.45) is 10.9 Å². The number of amidine groups is 1. The minimum atomic E-state index is -0.0717. The fourth-order valence-corrected chi connectivity index (χ4v) is 1.57. The van der Waals surface area contributed by atoms with Crippen LogP contribution in [-0.4, -0.2) is 35.8 Å². The molecule has 0 unspecified atom stereocenters. The highest BCUT2D eigenvalue weighted by Crippen LogP contribution is 2.07. The molecule has 2 heterocycles. The predicted octanol–water partition coefficient (Wildman–Crippen LogP) is 0.277. The van der Waals surface area contributed by atoms with Gasteiger partial charge in [-0.2, -0.15) is 4.68 Å². The smallest absolute Gasteiger partial charge is 0.252 e. The zero-order valence-electron chi connectivity index (χ0n) is 10.8. The lowest BCUT2D eigenvalue weighted by molar-refractivity contribution is 0.318. The fraction of sp³-hybridized carbons (Fsp3) is 0.364. The largest absolute Gasteiger partial charge is 0.409 e. The monoisotopic (exact) mass is 261 g/mol. The molecule has 0 amide bonds. The molecule has 2 aromatic heterocycles. The van der Waals surface area contributed by atoms with E-state index in [9.17, 15) is 0 Å². The molecule has 0 saturated heterocycles. The van der Waals surface area contributed by atoms with Gasteiger partial charge in [0.2, 0.25) is 0 Å². The van der Waals surface area contributed by atoms with Crippen molar-refractivity contribution >= 4 is 5.84 Å². The van der Waals surface area contributed by atoms with Gasteiger partial charge in [-0.15, -0.1) is 5.10 Å². The molecule has 2 aromatic rings. The molecule has 19 heavy (non-hydrogen) atoms. The lowest BCUT2D eigenvalue weighted by Gasteiger charge is -2.03. The molecule has 0 aliphatic heterocycles. The van der Waals surface area contributed by atoms with E-state index in [1.54, 1.807) is 10.7 Å². The van der Waals surface area contributed by atoms with Crippen molar-refractivity contribution in [1.29, 1.82) is 0 Å². The molecule has 0 saturated carbocycles. The SMILES string of the molecule is CCc1nc(CC)n(-c2nccc(/C(N)=N/O)n2)n1. The molecule has 2 rings (SSSR count). The molecule has 0 bridgehead atoms. The summed E-state index contributed by atoms with van der Waals surface area (Å²) in [4.78, 5) is 12.7. The Hall–Kier alpha value is -2.51. The standard InChI is InChI=1S/C11H15N7O/c1-3-8-15-9(4-2)18(16-8)11-13-6-5-7(14-11)10(12)17-19/h5-6,19H,3-4H2,1-2H3,(H2,12,17). The number of oxime groups is 1. The molecule has 0 atom stereocenters. The van der Waals surface area contributed by atoms with Crippen LogP contribution in [0.1, 0.15) is 31.2 Å². The zero-order chi connectivity index (χ0) is 13.8. The van der Waals surface area contributed by atoms with Crippen LogP contribution in [0.2, 0.25) is 0 Å². The Morgan fingerprint density at radius 3 is 2.79 bits per heavy atom. The van der Waals surface area contributed by atoms with Crippen LogP contribution < -0.4 is 5.73 Å². The Balaban J connectivity index is 2.49. The first-order chi connectivity index (χ1) is 9.19. The number of nitrogens with zero attached hydrogens (tertiary/aromatic N) is 6. The number of aromatic nitrogens is 5. The van der Waals surface area contributed by atoms with Crippen LogP contribution in [-0.2, 0) is 12.8 Å². The van der Waals surface area contributed by atoms with Gasteiger partial charge in [0.1, 0.15) is 11.5 Å². The first-order valence-corrected chi connectivity index (χ1v) is 5.95. The molecule has 8 heteroatoms. The normalized spacial score (nSPS) is 11.8. The van der Waals surface area contributed by atoms with Crippen LogP contribution in [0.25, 0.3) is 5.95 Å². The Morgan fingerprint density at radius 1 is 1.37 bits per heavy atom. The summed E-state index contributed by atoms with van der Waals surface area (Å²) in [6, 6.07) is 1.56. The summed E-state index contributed by atoms with van der Waals surface area (Å²) in [7, 11) is 0. The van der Waals surface area contributed by atoms with E-state index in [-0.39, 0.29) is 5.84 Å². The molecule has 0 spiro atoms. The fourth-order valence-electron chi connectivity index (χ4n) is 1.57. The van der Waals surface area contributed by atoms with Crippen LogP contribution >= 0.6 is 0 Å². The second kappa shape index (κ2) is 5.42. The van der Waals surface area contributed by atoms with Crippen molar-refractivity contribution in [3.05, 3.63) is 29.6 Å². The molecular formula is C11H15N7O. The number of aryl methyl sites for hydroxylation is 2. The lowest BCUT2D eigenvalue weighted by Crippen LogP contribution is -2.17. The van der Waals surface area contributed by atoms with Gasteiger partial charge in [0.15, 0.2) is 11.7 Å². The van der Waals surface area contributed by atoms with Crippen LogP contribution in [0.5, 0.6) is 0 Å². The second-order valence-corrected chi connectivity index (χ2v) is 3.79. The Morgan fingerprint density at radius 2 is 2.16 bits per heavy atom. The molecule has 0 aliphatic carbocycles. The van der Waals surface area contributed by atoms with Crippen LogP contribution in [0.15, 0.2) is 17.4 Å². The van der Waals surface area contributed by atoms with Crippen LogP contribution in [0.4, 0.5) is 0 Å². The summed E-state index contributed by atoms with van der Waals surface area (Å²) in [5.74, 6) is 1.79. The third-order valence-corrected chi connectivity index (χ3v) is 2.55. The highest BCUT2D eigenvalue weighted by Gasteiger charge is 2.12. The van der Waals surface area contributed by atoms with Crippen molar-refractivity contribution < 1.29 is 5.21 Å². The van der Waals surface area contributed by atoms with E-state index in [1.165, 1.54) is 6.20 Å². The van der Waals surface area contributed by atoms with Gasteiger partial charge in [0.05, 0.1) is 0 Å². The van der Waals surface area contributed by atoms with Gasteiger partial charge in [-0.25, -0.2) is 15.0 Å². The minimum absolute atomic E-state index is 0.0717. The molecule has 0 aliphatic rings. The first kappa shape index (κ1) is 12.9. The van der Waals surface area contributed by atoms with Crippen molar-refractivity contribution in [2.75, 3.05) is 0 Å². The zero-order valence-corrected chi connectivity index (χ0v) is 10.8. The van der Waals surface area contributed by atoms with Gasteiger partial charge in [-0.05, 0) is 6.07 Å². The molecule has 0 fully saturated rings. The molecular weight excluding hydrogens is 246 g/mol. The third-order valence-electron chi connectivity index (χ3n) is 2.55. The van der Waals surface area contributed by atoms with Crippen molar-refractivity contribution in [3.63, 3.8) is 0 Å². The van der Waals surface area contributed by atoms with E-state index >= 15 is 0 Å². The summed E-state index contributed by atoms with van der Waals surface area (Å²) in [6.45, 7) is 3.96. The number of rotatable bonds is 4.